The lowest BCUT2D eigenvalue weighted by atomic mass is 9.74. The molecule has 242 valence electrons. The van der Waals surface area contributed by atoms with E-state index in [0.717, 1.165) is 5.56 Å². The average Bonchev–Trinajstić information content (AvgIpc) is 3.54. The highest BCUT2D eigenvalue weighted by Gasteiger charge is 2.38. The first-order valence-corrected chi connectivity index (χ1v) is 15.9. The van der Waals surface area contributed by atoms with Crippen molar-refractivity contribution in [2.75, 3.05) is 32.9 Å². The minimum Gasteiger partial charge on any atom is -0.491 e. The zero-order valence-electron chi connectivity index (χ0n) is 26.0. The molecule has 3 atom stereocenters. The van der Waals surface area contributed by atoms with E-state index in [1.54, 1.807) is 35.2 Å². The third kappa shape index (κ3) is 7.64. The molecule has 0 unspecified atom stereocenters. The largest absolute Gasteiger partial charge is 0.491 e. The maximum Gasteiger partial charge on any atom is 0.255 e. The van der Waals surface area contributed by atoms with E-state index in [0.29, 0.717) is 51.2 Å². The SMILES string of the molecule is CC(C)[C@H]1COc2ccccc2C(=O)N[C@H](C(=O)NCC2(c3cccc(F)c3)CCOCC2)CCC(=O)N2CCC[C@@H]2C(=O)N1. The Balaban J connectivity index is 1.40. The van der Waals surface area contributed by atoms with Crippen LogP contribution in [0.1, 0.15) is 68.3 Å². The van der Waals surface area contributed by atoms with Gasteiger partial charge >= 0.3 is 0 Å². The highest BCUT2D eigenvalue weighted by atomic mass is 19.1. The second kappa shape index (κ2) is 14.4. The molecule has 0 aliphatic carbocycles. The van der Waals surface area contributed by atoms with Crippen LogP contribution in [0.2, 0.25) is 0 Å². The fraction of sp³-hybridized carbons (Fsp3) is 0.529. The van der Waals surface area contributed by atoms with Gasteiger partial charge in [-0.3, -0.25) is 19.2 Å². The molecule has 0 bridgehead atoms. The molecule has 0 spiro atoms. The van der Waals surface area contributed by atoms with Crippen molar-refractivity contribution < 1.29 is 33.0 Å². The summed E-state index contributed by atoms with van der Waals surface area (Å²) in [6.07, 6.45) is 2.44. The van der Waals surface area contributed by atoms with Gasteiger partial charge < -0.3 is 30.3 Å². The molecule has 3 aliphatic rings. The average molecular weight is 623 g/mol. The molecule has 3 aliphatic heterocycles. The van der Waals surface area contributed by atoms with Crippen LogP contribution in [0.25, 0.3) is 0 Å². The standard InChI is InChI=1S/C34H43FN4O6/c1-22(2)27-20-45-29-11-4-3-9-25(29)31(41)37-26(12-13-30(40)39-16-6-10-28(39)33(43)38-27)32(42)36-21-34(14-17-44-18-15-34)23-7-5-8-24(35)19-23/h3-5,7-9,11,19,22,26-28H,6,10,12-18,20-21H2,1-2H3,(H,36,42)(H,37,41)(H,38,43)/t26-,27+,28+/m0/s1. The summed E-state index contributed by atoms with van der Waals surface area (Å²) in [6, 6.07) is 11.2. The number of halogens is 1. The Morgan fingerprint density at radius 1 is 1.07 bits per heavy atom. The second-order valence-electron chi connectivity index (χ2n) is 12.6. The second-order valence-corrected chi connectivity index (χ2v) is 12.6. The number of ether oxygens (including phenoxy) is 2. The normalized spacial score (nSPS) is 24.3. The Morgan fingerprint density at radius 2 is 1.84 bits per heavy atom. The zero-order chi connectivity index (χ0) is 32.0. The Labute approximate surface area is 263 Å². The third-order valence-electron chi connectivity index (χ3n) is 9.31. The van der Waals surface area contributed by atoms with Gasteiger partial charge in [-0.1, -0.05) is 38.1 Å². The van der Waals surface area contributed by atoms with E-state index < -0.39 is 29.3 Å². The van der Waals surface area contributed by atoms with Crippen molar-refractivity contribution >= 4 is 23.6 Å². The number of fused-ring (bicyclic) bond motifs is 2. The summed E-state index contributed by atoms with van der Waals surface area (Å²) in [7, 11) is 0. The topological polar surface area (TPSA) is 126 Å². The molecule has 10 nitrogen and oxygen atoms in total. The summed E-state index contributed by atoms with van der Waals surface area (Å²) < 4.78 is 25.9. The molecular weight excluding hydrogens is 579 g/mol. The lowest BCUT2D eigenvalue weighted by molar-refractivity contribution is -0.139. The summed E-state index contributed by atoms with van der Waals surface area (Å²) in [6.45, 7) is 5.68. The number of nitrogens with one attached hydrogen (secondary N) is 3. The van der Waals surface area contributed by atoms with Gasteiger partial charge in [-0.05, 0) is 67.9 Å². The van der Waals surface area contributed by atoms with Crippen LogP contribution in [-0.2, 0) is 24.5 Å². The fourth-order valence-corrected chi connectivity index (χ4v) is 6.42. The third-order valence-corrected chi connectivity index (χ3v) is 9.31. The van der Waals surface area contributed by atoms with Crippen LogP contribution in [-0.4, -0.2) is 79.6 Å². The lowest BCUT2D eigenvalue weighted by Crippen LogP contribution is -2.52. The van der Waals surface area contributed by atoms with Crippen LogP contribution in [0.15, 0.2) is 48.5 Å². The number of rotatable bonds is 5. The molecule has 0 saturated carbocycles. The van der Waals surface area contributed by atoms with Crippen LogP contribution < -0.4 is 20.7 Å². The van der Waals surface area contributed by atoms with Gasteiger partial charge in [-0.2, -0.15) is 0 Å². The number of para-hydroxylation sites is 1. The minimum atomic E-state index is -1.04. The summed E-state index contributed by atoms with van der Waals surface area (Å²) in [5.74, 6) is -1.42. The predicted molar refractivity (Wildman–Crippen MR) is 165 cm³/mol. The van der Waals surface area contributed by atoms with Crippen molar-refractivity contribution in [3.8, 4) is 5.75 Å². The molecule has 0 aromatic heterocycles. The van der Waals surface area contributed by atoms with Crippen LogP contribution in [0.5, 0.6) is 5.75 Å². The molecule has 2 aromatic carbocycles. The van der Waals surface area contributed by atoms with Crippen molar-refractivity contribution in [1.29, 1.82) is 0 Å². The molecule has 2 aromatic rings. The van der Waals surface area contributed by atoms with Crippen molar-refractivity contribution in [3.63, 3.8) is 0 Å². The van der Waals surface area contributed by atoms with Crippen molar-refractivity contribution in [1.82, 2.24) is 20.9 Å². The van der Waals surface area contributed by atoms with E-state index in [1.807, 2.05) is 19.9 Å². The van der Waals surface area contributed by atoms with Crippen LogP contribution in [0, 0.1) is 11.7 Å². The molecule has 0 radical (unpaired) electrons. The van der Waals surface area contributed by atoms with Crippen LogP contribution in [0.3, 0.4) is 0 Å². The Bertz CT molecular complexity index is 1390. The van der Waals surface area contributed by atoms with E-state index in [1.165, 1.54) is 12.1 Å². The maximum atomic E-state index is 14.2. The monoisotopic (exact) mass is 622 g/mol. The van der Waals surface area contributed by atoms with E-state index >= 15 is 0 Å². The maximum absolute atomic E-state index is 14.2. The smallest absolute Gasteiger partial charge is 0.255 e. The van der Waals surface area contributed by atoms with Crippen molar-refractivity contribution in [2.45, 2.75) is 75.9 Å². The van der Waals surface area contributed by atoms with Gasteiger partial charge in [0.25, 0.3) is 5.91 Å². The molecule has 2 fully saturated rings. The Kier molecular flexibility index (Phi) is 10.4. The first-order chi connectivity index (χ1) is 21.7. The quantitative estimate of drug-likeness (QED) is 0.471. The van der Waals surface area contributed by atoms with Gasteiger partial charge in [-0.15, -0.1) is 0 Å². The number of carbonyl (C=O) groups is 4. The molecule has 2 saturated heterocycles. The van der Waals surface area contributed by atoms with E-state index in [9.17, 15) is 23.6 Å². The Morgan fingerprint density at radius 3 is 2.60 bits per heavy atom. The van der Waals surface area contributed by atoms with Crippen molar-refractivity contribution in [3.05, 3.63) is 65.5 Å². The number of hydrogen-bond donors (Lipinski definition) is 3. The molecule has 5 rings (SSSR count). The van der Waals surface area contributed by atoms with E-state index in [4.69, 9.17) is 9.47 Å². The van der Waals surface area contributed by atoms with E-state index in [2.05, 4.69) is 16.0 Å². The van der Waals surface area contributed by atoms with Gasteiger partial charge in [0.15, 0.2) is 0 Å². The fourth-order valence-electron chi connectivity index (χ4n) is 6.42. The Hall–Kier alpha value is -3.99. The molecule has 4 amide bonds. The van der Waals surface area contributed by atoms with Gasteiger partial charge in [0, 0.05) is 38.1 Å². The summed E-state index contributed by atoms with van der Waals surface area (Å²) in [4.78, 5) is 55.8. The highest BCUT2D eigenvalue weighted by Crippen LogP contribution is 2.35. The molecule has 3 N–H and O–H groups in total. The number of hydrogen-bond acceptors (Lipinski definition) is 6. The summed E-state index contributed by atoms with van der Waals surface area (Å²) in [5, 5.41) is 8.91. The lowest BCUT2D eigenvalue weighted by Gasteiger charge is -2.38. The van der Waals surface area contributed by atoms with E-state index in [-0.39, 0.29) is 61.1 Å². The zero-order valence-corrected chi connectivity index (χ0v) is 26.0. The minimum absolute atomic E-state index is 0.0310. The summed E-state index contributed by atoms with van der Waals surface area (Å²) >= 11 is 0. The first kappa shape index (κ1) is 32.4. The number of carbonyl (C=O) groups excluding carboxylic acids is 4. The van der Waals surface area contributed by atoms with Crippen LogP contribution >= 0.6 is 0 Å². The number of benzene rings is 2. The van der Waals surface area contributed by atoms with Crippen molar-refractivity contribution in [2.24, 2.45) is 5.92 Å². The molecule has 45 heavy (non-hydrogen) atoms. The highest BCUT2D eigenvalue weighted by molar-refractivity contribution is 6.00. The first-order valence-electron chi connectivity index (χ1n) is 15.9. The summed E-state index contributed by atoms with van der Waals surface area (Å²) in [5.41, 5.74) is 0.474. The van der Waals surface area contributed by atoms with Gasteiger partial charge in [0.05, 0.1) is 11.6 Å². The van der Waals surface area contributed by atoms with Gasteiger partial charge in [0.1, 0.15) is 30.3 Å². The molecule has 3 heterocycles. The van der Waals surface area contributed by atoms with Crippen LogP contribution in [0.4, 0.5) is 4.39 Å². The molecular formula is C34H43FN4O6. The van der Waals surface area contributed by atoms with Gasteiger partial charge in [-0.25, -0.2) is 4.39 Å². The number of nitrogens with zero attached hydrogens (tertiary/aromatic N) is 1. The molecule has 11 heteroatoms. The van der Waals surface area contributed by atoms with Gasteiger partial charge in [0.2, 0.25) is 17.7 Å². The predicted octanol–water partition coefficient (Wildman–Crippen LogP) is 3.09. The number of amides is 4.